The van der Waals surface area contributed by atoms with Gasteiger partial charge in [0.05, 0.1) is 0 Å². The fourth-order valence-corrected chi connectivity index (χ4v) is 3.53. The second kappa shape index (κ2) is 7.41. The lowest BCUT2D eigenvalue weighted by Crippen LogP contribution is -2.34. The standard InChI is InChI=1S/C16H25BrN2/c1-2-13-5-4-9-19(10-8-13)16(12-18)14-6-3-7-15(17)11-14/h3,6-7,11,13,16H,2,4-5,8-10,12,18H2,1H3. The minimum absolute atomic E-state index is 0.369. The summed E-state index contributed by atoms with van der Waals surface area (Å²) < 4.78 is 1.14. The fraction of sp³-hybridized carbons (Fsp3) is 0.625. The fourth-order valence-electron chi connectivity index (χ4n) is 3.12. The van der Waals surface area contributed by atoms with E-state index in [2.05, 4.69) is 52.0 Å². The van der Waals surface area contributed by atoms with Crippen LogP contribution in [0.4, 0.5) is 0 Å². The number of rotatable bonds is 4. The highest BCUT2D eigenvalue weighted by Crippen LogP contribution is 2.28. The van der Waals surface area contributed by atoms with Gasteiger partial charge in [0.1, 0.15) is 0 Å². The van der Waals surface area contributed by atoms with Crippen LogP contribution in [0.5, 0.6) is 0 Å². The molecule has 1 aromatic rings. The molecule has 1 aliphatic heterocycles. The van der Waals surface area contributed by atoms with Crippen LogP contribution >= 0.6 is 15.9 Å². The Kier molecular flexibility index (Phi) is 5.86. The van der Waals surface area contributed by atoms with E-state index < -0.39 is 0 Å². The molecule has 19 heavy (non-hydrogen) atoms. The first-order chi connectivity index (χ1) is 9.24. The maximum atomic E-state index is 6.05. The van der Waals surface area contributed by atoms with Crippen molar-refractivity contribution in [2.24, 2.45) is 11.7 Å². The second-order valence-corrected chi connectivity index (χ2v) is 6.46. The Balaban J connectivity index is 2.09. The maximum absolute atomic E-state index is 6.05. The molecule has 106 valence electrons. The first-order valence-corrected chi connectivity index (χ1v) is 8.23. The highest BCUT2D eigenvalue weighted by molar-refractivity contribution is 9.10. The van der Waals surface area contributed by atoms with E-state index in [1.165, 1.54) is 44.3 Å². The molecule has 3 heteroatoms. The van der Waals surface area contributed by atoms with Gasteiger partial charge < -0.3 is 5.73 Å². The van der Waals surface area contributed by atoms with E-state index >= 15 is 0 Å². The van der Waals surface area contributed by atoms with Crippen LogP contribution in [0.3, 0.4) is 0 Å². The number of benzene rings is 1. The van der Waals surface area contributed by atoms with Gasteiger partial charge in [-0.3, -0.25) is 4.90 Å². The summed E-state index contributed by atoms with van der Waals surface area (Å²) >= 11 is 3.56. The lowest BCUT2D eigenvalue weighted by atomic mass is 9.98. The van der Waals surface area contributed by atoms with Crippen molar-refractivity contribution in [3.05, 3.63) is 34.3 Å². The van der Waals surface area contributed by atoms with Crippen LogP contribution in [0, 0.1) is 5.92 Å². The van der Waals surface area contributed by atoms with E-state index in [9.17, 15) is 0 Å². The summed E-state index contributed by atoms with van der Waals surface area (Å²) in [5, 5.41) is 0. The van der Waals surface area contributed by atoms with Crippen molar-refractivity contribution >= 4 is 15.9 Å². The van der Waals surface area contributed by atoms with Crippen molar-refractivity contribution in [3.63, 3.8) is 0 Å². The molecule has 0 aromatic heterocycles. The molecular formula is C16H25BrN2. The van der Waals surface area contributed by atoms with Crippen molar-refractivity contribution in [2.75, 3.05) is 19.6 Å². The molecule has 2 nitrogen and oxygen atoms in total. The SMILES string of the molecule is CCC1CCCN(C(CN)c2cccc(Br)c2)CC1. The third-order valence-corrected chi connectivity index (χ3v) is 4.85. The van der Waals surface area contributed by atoms with Gasteiger partial charge in [-0.25, -0.2) is 0 Å². The highest BCUT2D eigenvalue weighted by atomic mass is 79.9. The normalized spacial score (nSPS) is 23.0. The lowest BCUT2D eigenvalue weighted by molar-refractivity contribution is 0.206. The number of nitrogens with zero attached hydrogens (tertiary/aromatic N) is 1. The summed E-state index contributed by atoms with van der Waals surface area (Å²) in [6.45, 7) is 5.39. The third-order valence-electron chi connectivity index (χ3n) is 4.36. The van der Waals surface area contributed by atoms with Gasteiger partial charge in [0.15, 0.2) is 0 Å². The Hall–Kier alpha value is -0.380. The van der Waals surface area contributed by atoms with Crippen molar-refractivity contribution in [2.45, 2.75) is 38.6 Å². The highest BCUT2D eigenvalue weighted by Gasteiger charge is 2.22. The number of halogens is 1. The number of likely N-dealkylation sites (tertiary alicyclic amines) is 1. The monoisotopic (exact) mass is 324 g/mol. The Morgan fingerprint density at radius 2 is 2.21 bits per heavy atom. The van der Waals surface area contributed by atoms with E-state index in [0.29, 0.717) is 12.6 Å². The molecule has 1 aromatic carbocycles. The molecule has 1 saturated heterocycles. The summed E-state index contributed by atoms with van der Waals surface area (Å²) in [6, 6.07) is 8.96. The molecule has 0 aliphatic carbocycles. The van der Waals surface area contributed by atoms with Gasteiger partial charge in [0.2, 0.25) is 0 Å². The maximum Gasteiger partial charge on any atom is 0.0470 e. The average molecular weight is 325 g/mol. The molecule has 1 heterocycles. The van der Waals surface area contributed by atoms with Crippen LogP contribution in [0.25, 0.3) is 0 Å². The predicted molar refractivity (Wildman–Crippen MR) is 85.1 cm³/mol. The minimum atomic E-state index is 0.369. The van der Waals surface area contributed by atoms with Crippen molar-refractivity contribution < 1.29 is 0 Å². The second-order valence-electron chi connectivity index (χ2n) is 5.55. The molecule has 0 saturated carbocycles. The van der Waals surface area contributed by atoms with E-state index in [1.807, 2.05) is 0 Å². The average Bonchev–Trinajstić information content (AvgIpc) is 2.65. The van der Waals surface area contributed by atoms with E-state index in [-0.39, 0.29) is 0 Å². The van der Waals surface area contributed by atoms with Crippen molar-refractivity contribution in [1.82, 2.24) is 4.90 Å². The topological polar surface area (TPSA) is 29.3 Å². The van der Waals surface area contributed by atoms with Crippen molar-refractivity contribution in [3.8, 4) is 0 Å². The largest absolute Gasteiger partial charge is 0.329 e. The summed E-state index contributed by atoms with van der Waals surface area (Å²) in [6.07, 6.45) is 5.32. The van der Waals surface area contributed by atoms with Gasteiger partial charge in [-0.2, -0.15) is 0 Å². The molecule has 0 spiro atoms. The summed E-state index contributed by atoms with van der Waals surface area (Å²) in [5.74, 6) is 0.908. The van der Waals surface area contributed by atoms with Crippen LogP contribution in [-0.2, 0) is 0 Å². The van der Waals surface area contributed by atoms with E-state index in [0.717, 1.165) is 10.4 Å². The molecular weight excluding hydrogens is 300 g/mol. The Morgan fingerprint density at radius 3 is 2.89 bits per heavy atom. The quantitative estimate of drug-likeness (QED) is 0.908. The molecule has 2 unspecified atom stereocenters. The third kappa shape index (κ3) is 4.04. The molecule has 0 bridgehead atoms. The van der Waals surface area contributed by atoms with Gasteiger partial charge in [-0.1, -0.05) is 41.4 Å². The van der Waals surface area contributed by atoms with Gasteiger partial charge in [0.25, 0.3) is 0 Å². The first-order valence-electron chi connectivity index (χ1n) is 7.44. The van der Waals surface area contributed by atoms with Crippen LogP contribution < -0.4 is 5.73 Å². The zero-order valence-electron chi connectivity index (χ0n) is 11.8. The van der Waals surface area contributed by atoms with Crippen LogP contribution in [0.15, 0.2) is 28.7 Å². The van der Waals surface area contributed by atoms with Crippen LogP contribution in [0.2, 0.25) is 0 Å². The Labute approximate surface area is 125 Å². The molecule has 2 rings (SSSR count). The predicted octanol–water partition coefficient (Wildman–Crippen LogP) is 3.96. The van der Waals surface area contributed by atoms with Crippen LogP contribution in [0.1, 0.15) is 44.2 Å². The summed E-state index contributed by atoms with van der Waals surface area (Å²) in [5.41, 5.74) is 7.39. The molecule has 1 fully saturated rings. The van der Waals surface area contributed by atoms with E-state index in [1.54, 1.807) is 0 Å². The zero-order chi connectivity index (χ0) is 13.7. The molecule has 2 N–H and O–H groups in total. The van der Waals surface area contributed by atoms with E-state index in [4.69, 9.17) is 5.73 Å². The molecule has 0 radical (unpaired) electrons. The van der Waals surface area contributed by atoms with Gasteiger partial charge in [0, 0.05) is 17.1 Å². The number of hydrogen-bond donors (Lipinski definition) is 1. The molecule has 0 amide bonds. The lowest BCUT2D eigenvalue weighted by Gasteiger charge is -2.30. The molecule has 1 aliphatic rings. The Bertz CT molecular complexity index is 394. The Morgan fingerprint density at radius 1 is 1.37 bits per heavy atom. The number of hydrogen-bond acceptors (Lipinski definition) is 2. The summed E-state index contributed by atoms with van der Waals surface area (Å²) in [4.78, 5) is 2.58. The minimum Gasteiger partial charge on any atom is -0.329 e. The van der Waals surface area contributed by atoms with Crippen molar-refractivity contribution in [1.29, 1.82) is 0 Å². The van der Waals surface area contributed by atoms with Crippen LogP contribution in [-0.4, -0.2) is 24.5 Å². The smallest absolute Gasteiger partial charge is 0.0470 e. The van der Waals surface area contributed by atoms with Gasteiger partial charge in [-0.05, 0) is 56.0 Å². The summed E-state index contributed by atoms with van der Waals surface area (Å²) in [7, 11) is 0. The van der Waals surface area contributed by atoms with Gasteiger partial charge in [-0.15, -0.1) is 0 Å². The van der Waals surface area contributed by atoms with Gasteiger partial charge >= 0.3 is 0 Å². The number of nitrogens with two attached hydrogens (primary N) is 1. The zero-order valence-corrected chi connectivity index (χ0v) is 13.4. The first kappa shape index (κ1) is 15.0. The molecule has 2 atom stereocenters.